The van der Waals surface area contributed by atoms with Crippen LogP contribution in [0.25, 0.3) is 22.2 Å². The molecular formula is C27H35N5O4S. The highest BCUT2D eigenvalue weighted by molar-refractivity contribution is 7.90. The number of ether oxygens (including phenoxy) is 1. The Bertz CT molecular complexity index is 1420. The molecule has 1 unspecified atom stereocenters. The Morgan fingerprint density at radius 1 is 1.19 bits per heavy atom. The topological polar surface area (TPSA) is 115 Å². The molecule has 0 bridgehead atoms. The van der Waals surface area contributed by atoms with Gasteiger partial charge in [-0.25, -0.2) is 13.1 Å². The average Bonchev–Trinajstić information content (AvgIpc) is 3.63. The maximum absolute atomic E-state index is 12.2. The van der Waals surface area contributed by atoms with Crippen molar-refractivity contribution in [2.75, 3.05) is 31.3 Å². The molecule has 3 aromatic rings. The summed E-state index contributed by atoms with van der Waals surface area (Å²) in [6, 6.07) is 5.42. The number of carbonyl (C=O) groups is 1. The number of hydrogen-bond acceptors (Lipinski definition) is 7. The predicted molar refractivity (Wildman–Crippen MR) is 143 cm³/mol. The number of carbonyl (C=O) groups excluding carboxylic acids is 1. The Morgan fingerprint density at radius 2 is 2.00 bits per heavy atom. The van der Waals surface area contributed by atoms with Crippen LogP contribution in [0.3, 0.4) is 0 Å². The van der Waals surface area contributed by atoms with Gasteiger partial charge in [-0.1, -0.05) is 6.07 Å². The van der Waals surface area contributed by atoms with Gasteiger partial charge in [0.05, 0.1) is 39.1 Å². The summed E-state index contributed by atoms with van der Waals surface area (Å²) < 4.78 is 32.6. The minimum Gasteiger partial charge on any atom is -0.382 e. The number of fused-ring (bicyclic) bond motifs is 1. The molecule has 198 valence electrons. The number of sulfone groups is 1. The van der Waals surface area contributed by atoms with E-state index in [4.69, 9.17) is 14.8 Å². The van der Waals surface area contributed by atoms with Crippen molar-refractivity contribution < 1.29 is 17.9 Å². The molecule has 37 heavy (non-hydrogen) atoms. The molecule has 0 spiro atoms. The van der Waals surface area contributed by atoms with Crippen molar-refractivity contribution in [1.82, 2.24) is 20.1 Å². The van der Waals surface area contributed by atoms with Crippen molar-refractivity contribution in [2.45, 2.75) is 69.4 Å². The van der Waals surface area contributed by atoms with E-state index >= 15 is 0 Å². The first-order valence-electron chi connectivity index (χ1n) is 13.1. The number of anilines is 1. The van der Waals surface area contributed by atoms with E-state index in [1.54, 1.807) is 6.07 Å². The van der Waals surface area contributed by atoms with Crippen molar-refractivity contribution >= 4 is 32.3 Å². The highest BCUT2D eigenvalue weighted by Crippen LogP contribution is 2.47. The Kier molecular flexibility index (Phi) is 7.22. The fourth-order valence-electron chi connectivity index (χ4n) is 5.10. The van der Waals surface area contributed by atoms with Gasteiger partial charge in [-0.2, -0.15) is 5.10 Å². The van der Waals surface area contributed by atoms with Gasteiger partial charge in [0.25, 0.3) is 0 Å². The lowest BCUT2D eigenvalue weighted by molar-refractivity contribution is -0.118. The molecule has 1 aromatic carbocycles. The van der Waals surface area contributed by atoms with Crippen LogP contribution in [0, 0.1) is 6.92 Å². The number of benzene rings is 1. The number of aryl methyl sites for hydroxylation is 1. The van der Waals surface area contributed by atoms with Gasteiger partial charge in [0, 0.05) is 44.4 Å². The summed E-state index contributed by atoms with van der Waals surface area (Å²) in [5.74, 6) is 0.353. The molecule has 3 heterocycles. The van der Waals surface area contributed by atoms with Gasteiger partial charge >= 0.3 is 0 Å². The SMILES string of the molecule is CC(=O)NCCCNc1cnc(-c2ccc(S(C)(=O)=O)c(C)c2)c2c(C3CC3)nn(C3CCCCO3)c12. The smallest absolute Gasteiger partial charge is 0.216 e. The van der Waals surface area contributed by atoms with Crippen molar-refractivity contribution in [1.29, 1.82) is 0 Å². The lowest BCUT2D eigenvalue weighted by Gasteiger charge is -2.24. The molecule has 2 fully saturated rings. The van der Waals surface area contributed by atoms with E-state index in [2.05, 4.69) is 10.6 Å². The second-order valence-corrected chi connectivity index (χ2v) is 12.2. The third-order valence-electron chi connectivity index (χ3n) is 7.04. The monoisotopic (exact) mass is 525 g/mol. The quantitative estimate of drug-likeness (QED) is 0.400. The number of nitrogens with zero attached hydrogens (tertiary/aromatic N) is 3. The largest absolute Gasteiger partial charge is 0.382 e. The Morgan fingerprint density at radius 3 is 2.65 bits per heavy atom. The molecule has 5 rings (SSSR count). The van der Waals surface area contributed by atoms with Gasteiger partial charge in [0.2, 0.25) is 5.91 Å². The first-order valence-corrected chi connectivity index (χ1v) is 15.0. The lowest BCUT2D eigenvalue weighted by atomic mass is 10.0. The Labute approximate surface area is 217 Å². The standard InChI is InChI=1S/C27H35N5O4S/c1-17-15-20(10-11-22(17)37(3,34)35)25-24-26(19-8-9-19)31-32(23-7-4-5-14-36-23)27(24)21(16-30-25)29-13-6-12-28-18(2)33/h10-11,15-16,19,23,29H,4-9,12-14H2,1-3H3,(H,28,33). The minimum atomic E-state index is -3.31. The van der Waals surface area contributed by atoms with Crippen LogP contribution in [0.15, 0.2) is 29.3 Å². The molecule has 2 aromatic heterocycles. The second-order valence-electron chi connectivity index (χ2n) is 10.2. The maximum Gasteiger partial charge on any atom is 0.216 e. The summed E-state index contributed by atoms with van der Waals surface area (Å²) in [6.45, 7) is 5.33. The van der Waals surface area contributed by atoms with Crippen molar-refractivity contribution in [3.05, 3.63) is 35.7 Å². The van der Waals surface area contributed by atoms with E-state index in [1.807, 2.05) is 29.9 Å². The number of hydrogen-bond donors (Lipinski definition) is 2. The summed E-state index contributed by atoms with van der Waals surface area (Å²) in [5, 5.41) is 12.5. The molecule has 10 heteroatoms. The number of nitrogens with one attached hydrogen (secondary N) is 2. The molecule has 2 aliphatic rings. The van der Waals surface area contributed by atoms with E-state index < -0.39 is 9.84 Å². The zero-order chi connectivity index (χ0) is 26.2. The van der Waals surface area contributed by atoms with E-state index in [-0.39, 0.29) is 12.1 Å². The molecule has 1 saturated heterocycles. The zero-order valence-electron chi connectivity index (χ0n) is 21.7. The second kappa shape index (κ2) is 10.4. The third-order valence-corrected chi connectivity index (χ3v) is 8.29. The van der Waals surface area contributed by atoms with Crippen LogP contribution in [0.4, 0.5) is 5.69 Å². The number of aromatic nitrogens is 3. The molecule has 1 aliphatic heterocycles. The van der Waals surface area contributed by atoms with Gasteiger partial charge in [0.1, 0.15) is 0 Å². The highest BCUT2D eigenvalue weighted by atomic mass is 32.2. The number of amides is 1. The number of rotatable bonds is 9. The maximum atomic E-state index is 12.2. The normalized spacial score (nSPS) is 18.2. The van der Waals surface area contributed by atoms with Gasteiger partial charge in [0.15, 0.2) is 16.1 Å². The summed E-state index contributed by atoms with van der Waals surface area (Å²) in [4.78, 5) is 16.4. The van der Waals surface area contributed by atoms with Crippen molar-refractivity contribution in [3.8, 4) is 11.3 Å². The molecule has 0 radical (unpaired) electrons. The zero-order valence-corrected chi connectivity index (χ0v) is 22.5. The van der Waals surface area contributed by atoms with E-state index in [9.17, 15) is 13.2 Å². The third kappa shape index (κ3) is 5.50. The molecule has 2 N–H and O–H groups in total. The summed E-state index contributed by atoms with van der Waals surface area (Å²) >= 11 is 0. The molecular weight excluding hydrogens is 490 g/mol. The molecule has 1 atom stereocenters. The fraction of sp³-hybridized carbons (Fsp3) is 0.519. The van der Waals surface area contributed by atoms with Crippen LogP contribution in [-0.4, -0.2) is 55.0 Å². The van der Waals surface area contributed by atoms with Gasteiger partial charge in [-0.3, -0.25) is 9.78 Å². The summed E-state index contributed by atoms with van der Waals surface area (Å²) in [6.07, 6.45) is 8.96. The van der Waals surface area contributed by atoms with Crippen molar-refractivity contribution in [2.24, 2.45) is 0 Å². The molecule has 9 nitrogen and oxygen atoms in total. The molecule has 1 saturated carbocycles. The van der Waals surface area contributed by atoms with E-state index in [1.165, 1.54) is 13.2 Å². The first kappa shape index (κ1) is 25.7. The van der Waals surface area contributed by atoms with Crippen LogP contribution in [0.5, 0.6) is 0 Å². The molecule has 1 aliphatic carbocycles. The molecule has 1 amide bonds. The summed E-state index contributed by atoms with van der Waals surface area (Å²) in [7, 11) is -3.31. The van der Waals surface area contributed by atoms with Gasteiger partial charge < -0.3 is 15.4 Å². The van der Waals surface area contributed by atoms with Crippen LogP contribution in [0.2, 0.25) is 0 Å². The van der Waals surface area contributed by atoms with Crippen molar-refractivity contribution in [3.63, 3.8) is 0 Å². The fourth-order valence-corrected chi connectivity index (χ4v) is 6.06. The van der Waals surface area contributed by atoms with E-state index in [0.717, 1.165) is 72.1 Å². The average molecular weight is 526 g/mol. The van der Waals surface area contributed by atoms with Crippen LogP contribution >= 0.6 is 0 Å². The Balaban J connectivity index is 1.61. The predicted octanol–water partition coefficient (Wildman–Crippen LogP) is 4.32. The lowest BCUT2D eigenvalue weighted by Crippen LogP contribution is -2.23. The Hall–Kier alpha value is -2.98. The van der Waals surface area contributed by atoms with Gasteiger partial charge in [-0.05, 0) is 63.1 Å². The number of pyridine rings is 1. The highest BCUT2D eigenvalue weighted by Gasteiger charge is 2.34. The van der Waals surface area contributed by atoms with E-state index in [0.29, 0.717) is 36.1 Å². The van der Waals surface area contributed by atoms with Crippen LogP contribution in [-0.2, 0) is 19.4 Å². The van der Waals surface area contributed by atoms with Crippen LogP contribution in [0.1, 0.15) is 68.9 Å². The minimum absolute atomic E-state index is 0.0350. The summed E-state index contributed by atoms with van der Waals surface area (Å²) in [5.41, 5.74) is 5.29. The first-order chi connectivity index (χ1) is 17.7. The van der Waals surface area contributed by atoms with Crippen LogP contribution < -0.4 is 10.6 Å². The van der Waals surface area contributed by atoms with Gasteiger partial charge in [-0.15, -0.1) is 0 Å².